The summed E-state index contributed by atoms with van der Waals surface area (Å²) in [5.74, 6) is 1.12. The number of nitrogens with one attached hydrogen (secondary N) is 2. The molecular formula is C16H20N4O3. The van der Waals surface area contributed by atoms with Crippen LogP contribution in [0.25, 0.3) is 0 Å². The summed E-state index contributed by atoms with van der Waals surface area (Å²) < 4.78 is 10.0. The molecule has 0 unspecified atom stereocenters. The molecule has 1 aromatic heterocycles. The number of ether oxygens (including phenoxy) is 2. The van der Waals surface area contributed by atoms with Crippen LogP contribution in [0.3, 0.4) is 0 Å². The molecule has 2 N–H and O–H groups in total. The molecule has 0 spiro atoms. The summed E-state index contributed by atoms with van der Waals surface area (Å²) in [7, 11) is 3.24. The number of hydrogen-bond donors (Lipinski definition) is 2. The highest BCUT2D eigenvalue weighted by Crippen LogP contribution is 2.11. The van der Waals surface area contributed by atoms with Crippen molar-refractivity contribution < 1.29 is 14.3 Å². The minimum absolute atomic E-state index is 0.267. The van der Waals surface area contributed by atoms with Crippen molar-refractivity contribution in [3.8, 4) is 5.75 Å². The van der Waals surface area contributed by atoms with Crippen LogP contribution in [0.2, 0.25) is 0 Å². The molecule has 0 bridgehead atoms. The third kappa shape index (κ3) is 5.23. The number of benzene rings is 1. The molecule has 1 heterocycles. The molecular weight excluding hydrogens is 296 g/mol. The van der Waals surface area contributed by atoms with E-state index in [2.05, 4.69) is 20.8 Å². The predicted molar refractivity (Wildman–Crippen MR) is 86.6 cm³/mol. The molecule has 2 rings (SSSR count). The molecule has 1 amide bonds. The number of carbonyl (C=O) groups excluding carboxylic acids is 1. The number of hydrogen-bond acceptors (Lipinski definition) is 6. The maximum Gasteiger partial charge on any atom is 0.272 e. The summed E-state index contributed by atoms with van der Waals surface area (Å²) in [6, 6.07) is 10.8. The van der Waals surface area contributed by atoms with E-state index in [1.54, 1.807) is 26.4 Å². The van der Waals surface area contributed by atoms with Crippen molar-refractivity contribution in [1.29, 1.82) is 0 Å². The van der Waals surface area contributed by atoms with Crippen molar-refractivity contribution in [1.82, 2.24) is 15.5 Å². The summed E-state index contributed by atoms with van der Waals surface area (Å²) in [4.78, 5) is 12.0. The van der Waals surface area contributed by atoms with Crippen LogP contribution in [0.5, 0.6) is 5.75 Å². The first-order valence-electron chi connectivity index (χ1n) is 7.20. The second-order valence-electron chi connectivity index (χ2n) is 4.75. The van der Waals surface area contributed by atoms with Crippen LogP contribution >= 0.6 is 0 Å². The Bertz CT molecular complexity index is 614. The maximum atomic E-state index is 12.0. The molecule has 0 aliphatic carbocycles. The van der Waals surface area contributed by atoms with Gasteiger partial charge in [-0.2, -0.15) is 0 Å². The average molecular weight is 316 g/mol. The fraction of sp³-hybridized carbons (Fsp3) is 0.312. The molecule has 0 saturated heterocycles. The van der Waals surface area contributed by atoms with Crippen molar-refractivity contribution >= 4 is 11.7 Å². The number of anilines is 1. The summed E-state index contributed by atoms with van der Waals surface area (Å²) in [5.41, 5.74) is 1.25. The minimum atomic E-state index is -0.267. The third-order valence-electron chi connectivity index (χ3n) is 3.12. The Morgan fingerprint density at radius 3 is 2.48 bits per heavy atom. The summed E-state index contributed by atoms with van der Waals surface area (Å²) in [6.45, 7) is 1.62. The van der Waals surface area contributed by atoms with Gasteiger partial charge in [-0.25, -0.2) is 0 Å². The van der Waals surface area contributed by atoms with Gasteiger partial charge in [0.1, 0.15) is 11.6 Å². The number of nitrogens with zero attached hydrogens (tertiary/aromatic N) is 2. The Balaban J connectivity index is 1.84. The van der Waals surface area contributed by atoms with Gasteiger partial charge >= 0.3 is 0 Å². The van der Waals surface area contributed by atoms with Gasteiger partial charge in [-0.1, -0.05) is 12.1 Å². The van der Waals surface area contributed by atoms with Gasteiger partial charge in [0.25, 0.3) is 5.91 Å². The van der Waals surface area contributed by atoms with Crippen molar-refractivity contribution in [2.75, 3.05) is 32.7 Å². The first-order valence-corrected chi connectivity index (χ1v) is 7.20. The molecule has 0 aliphatic heterocycles. The number of rotatable bonds is 8. The highest BCUT2D eigenvalue weighted by Gasteiger charge is 2.08. The highest BCUT2D eigenvalue weighted by molar-refractivity contribution is 5.92. The zero-order valence-electron chi connectivity index (χ0n) is 13.2. The zero-order valence-corrected chi connectivity index (χ0v) is 13.2. The number of carbonyl (C=O) groups is 1. The summed E-state index contributed by atoms with van der Waals surface area (Å²) >= 11 is 0. The van der Waals surface area contributed by atoms with E-state index in [9.17, 15) is 4.79 Å². The maximum absolute atomic E-state index is 12.0. The first kappa shape index (κ1) is 16.7. The SMILES string of the molecule is COCCNc1ccc(C(=O)NCc2ccc(OC)cc2)nn1. The first-order chi connectivity index (χ1) is 11.2. The van der Waals surface area contributed by atoms with Crippen molar-refractivity contribution in [3.63, 3.8) is 0 Å². The van der Waals surface area contributed by atoms with Crippen LogP contribution in [0, 0.1) is 0 Å². The number of amides is 1. The molecule has 0 radical (unpaired) electrons. The second-order valence-corrected chi connectivity index (χ2v) is 4.75. The third-order valence-corrected chi connectivity index (χ3v) is 3.12. The van der Waals surface area contributed by atoms with E-state index in [4.69, 9.17) is 9.47 Å². The molecule has 122 valence electrons. The van der Waals surface area contributed by atoms with Crippen LogP contribution in [-0.4, -0.2) is 43.5 Å². The van der Waals surface area contributed by atoms with E-state index >= 15 is 0 Å². The Morgan fingerprint density at radius 1 is 1.09 bits per heavy atom. The van der Waals surface area contributed by atoms with Gasteiger partial charge in [-0.3, -0.25) is 4.79 Å². The van der Waals surface area contributed by atoms with Gasteiger partial charge < -0.3 is 20.1 Å². The van der Waals surface area contributed by atoms with Crippen LogP contribution in [-0.2, 0) is 11.3 Å². The molecule has 2 aromatic rings. The van der Waals surface area contributed by atoms with E-state index in [0.717, 1.165) is 11.3 Å². The van der Waals surface area contributed by atoms with Crippen LogP contribution in [0.15, 0.2) is 36.4 Å². The Labute approximate surface area is 135 Å². The lowest BCUT2D eigenvalue weighted by atomic mass is 10.2. The van der Waals surface area contributed by atoms with E-state index in [1.807, 2.05) is 24.3 Å². The van der Waals surface area contributed by atoms with Gasteiger partial charge in [0, 0.05) is 20.2 Å². The van der Waals surface area contributed by atoms with Crippen LogP contribution < -0.4 is 15.4 Å². The number of aromatic nitrogens is 2. The fourth-order valence-corrected chi connectivity index (χ4v) is 1.85. The van der Waals surface area contributed by atoms with Gasteiger partial charge in [-0.15, -0.1) is 10.2 Å². The van der Waals surface area contributed by atoms with E-state index in [-0.39, 0.29) is 11.6 Å². The molecule has 23 heavy (non-hydrogen) atoms. The van der Waals surface area contributed by atoms with Gasteiger partial charge in [0.2, 0.25) is 0 Å². The lowest BCUT2D eigenvalue weighted by Crippen LogP contribution is -2.24. The van der Waals surface area contributed by atoms with Crippen molar-refractivity contribution in [2.45, 2.75) is 6.54 Å². The van der Waals surface area contributed by atoms with Crippen molar-refractivity contribution in [3.05, 3.63) is 47.7 Å². The van der Waals surface area contributed by atoms with Gasteiger partial charge in [-0.05, 0) is 29.8 Å². The summed E-state index contributed by atoms with van der Waals surface area (Å²) in [6.07, 6.45) is 0. The predicted octanol–water partition coefficient (Wildman–Crippen LogP) is 1.47. The van der Waals surface area contributed by atoms with E-state index in [0.29, 0.717) is 25.5 Å². The lowest BCUT2D eigenvalue weighted by Gasteiger charge is -2.07. The molecule has 1 aromatic carbocycles. The molecule has 0 saturated carbocycles. The monoisotopic (exact) mass is 316 g/mol. The molecule has 7 heteroatoms. The Kier molecular flexibility index (Phi) is 6.31. The van der Waals surface area contributed by atoms with E-state index < -0.39 is 0 Å². The van der Waals surface area contributed by atoms with Crippen LogP contribution in [0.1, 0.15) is 16.1 Å². The lowest BCUT2D eigenvalue weighted by molar-refractivity contribution is 0.0945. The average Bonchev–Trinajstić information content (AvgIpc) is 2.61. The van der Waals surface area contributed by atoms with Crippen LogP contribution in [0.4, 0.5) is 5.82 Å². The molecule has 0 aliphatic rings. The van der Waals surface area contributed by atoms with E-state index in [1.165, 1.54) is 0 Å². The zero-order chi connectivity index (χ0) is 16.5. The fourth-order valence-electron chi connectivity index (χ4n) is 1.85. The number of methoxy groups -OCH3 is 2. The Hall–Kier alpha value is -2.67. The summed E-state index contributed by atoms with van der Waals surface area (Å²) in [5, 5.41) is 13.7. The standard InChI is InChI=1S/C16H20N4O3/c1-22-10-9-17-15-8-7-14(19-20-15)16(21)18-11-12-3-5-13(23-2)6-4-12/h3-8H,9-11H2,1-2H3,(H,17,20)(H,18,21). The topological polar surface area (TPSA) is 85.4 Å². The highest BCUT2D eigenvalue weighted by atomic mass is 16.5. The smallest absolute Gasteiger partial charge is 0.272 e. The second kappa shape index (κ2) is 8.70. The van der Waals surface area contributed by atoms with Gasteiger partial charge in [0.15, 0.2) is 5.69 Å². The molecule has 0 atom stereocenters. The largest absolute Gasteiger partial charge is 0.497 e. The van der Waals surface area contributed by atoms with Gasteiger partial charge in [0.05, 0.1) is 13.7 Å². The normalized spacial score (nSPS) is 10.2. The van der Waals surface area contributed by atoms with Crippen molar-refractivity contribution in [2.24, 2.45) is 0 Å². The quantitative estimate of drug-likeness (QED) is 0.718. The molecule has 7 nitrogen and oxygen atoms in total. The minimum Gasteiger partial charge on any atom is -0.497 e. The Morgan fingerprint density at radius 2 is 1.87 bits per heavy atom. The molecule has 0 fully saturated rings.